The van der Waals surface area contributed by atoms with Gasteiger partial charge in [-0.3, -0.25) is 9.59 Å². The van der Waals surface area contributed by atoms with Crippen molar-refractivity contribution in [2.75, 3.05) is 12.3 Å². The van der Waals surface area contributed by atoms with Crippen molar-refractivity contribution >= 4 is 27.1 Å². The first-order chi connectivity index (χ1) is 11.0. The molecule has 0 rings (SSSR count). The normalized spacial score (nSPS) is 17.4. The van der Waals surface area contributed by atoms with E-state index >= 15 is 0 Å². The highest BCUT2D eigenvalue weighted by Crippen LogP contribution is 2.44. The molecule has 0 aromatic heterocycles. The van der Waals surface area contributed by atoms with Crippen LogP contribution < -0.4 is 5.73 Å². The molecule has 0 fully saturated rings. The zero-order chi connectivity index (χ0) is 18.8. The van der Waals surface area contributed by atoms with Gasteiger partial charge in [0.2, 0.25) is 0 Å². The van der Waals surface area contributed by atoms with Crippen molar-refractivity contribution in [3.63, 3.8) is 0 Å². The van der Waals surface area contributed by atoms with Gasteiger partial charge in [0.25, 0.3) is 0 Å². The van der Waals surface area contributed by atoms with Crippen molar-refractivity contribution in [1.82, 2.24) is 0 Å². The predicted octanol–water partition coefficient (Wildman–Crippen LogP) is 2.15. The van der Waals surface area contributed by atoms with E-state index < -0.39 is 33.2 Å². The highest BCUT2D eigenvalue weighted by Gasteiger charge is 2.28. The Hall–Kier alpha value is -0.720. The number of rotatable bonds is 12. The van der Waals surface area contributed by atoms with Gasteiger partial charge in [-0.15, -0.1) is 0 Å². The van der Waals surface area contributed by atoms with Crippen molar-refractivity contribution in [1.29, 1.82) is 0 Å². The fourth-order valence-corrected chi connectivity index (χ4v) is 4.05. The SMILES string of the molecule is CCCCP(=O)(O)OC(=O)CC[C@H](N)C(=O)OP(=O)(O)CCCC. The van der Waals surface area contributed by atoms with Crippen molar-refractivity contribution in [2.24, 2.45) is 5.73 Å². The first kappa shape index (κ1) is 23.3. The van der Waals surface area contributed by atoms with Crippen LogP contribution in [0, 0.1) is 0 Å². The lowest BCUT2D eigenvalue weighted by Gasteiger charge is -2.16. The average Bonchev–Trinajstić information content (AvgIpc) is 2.47. The first-order valence-corrected chi connectivity index (χ1v) is 11.4. The summed E-state index contributed by atoms with van der Waals surface area (Å²) in [5.74, 6) is -2.05. The predicted molar refractivity (Wildman–Crippen MR) is 88.6 cm³/mol. The highest BCUT2D eigenvalue weighted by atomic mass is 31.2. The van der Waals surface area contributed by atoms with Crippen LogP contribution in [0.5, 0.6) is 0 Å². The van der Waals surface area contributed by atoms with E-state index in [0.717, 1.165) is 0 Å². The molecule has 0 radical (unpaired) electrons. The molecular weight excluding hydrogens is 360 g/mol. The molecule has 24 heavy (non-hydrogen) atoms. The zero-order valence-corrected chi connectivity index (χ0v) is 15.8. The monoisotopic (exact) mass is 387 g/mol. The minimum absolute atomic E-state index is 0.130. The number of carbonyl (C=O) groups is 2. The third-order valence-electron chi connectivity index (χ3n) is 3.03. The van der Waals surface area contributed by atoms with Gasteiger partial charge in [0.15, 0.2) is 0 Å². The molecule has 9 nitrogen and oxygen atoms in total. The summed E-state index contributed by atoms with van der Waals surface area (Å²) in [6.45, 7) is 3.65. The molecule has 0 aliphatic carbocycles. The largest absolute Gasteiger partial charge is 0.392 e. The van der Waals surface area contributed by atoms with Crippen molar-refractivity contribution in [3.05, 3.63) is 0 Å². The van der Waals surface area contributed by atoms with Gasteiger partial charge in [0.05, 0.1) is 12.3 Å². The summed E-state index contributed by atoms with van der Waals surface area (Å²) in [4.78, 5) is 42.1. The molecule has 0 aliphatic rings. The highest BCUT2D eigenvalue weighted by molar-refractivity contribution is 7.53. The maximum Gasteiger partial charge on any atom is 0.378 e. The summed E-state index contributed by atoms with van der Waals surface area (Å²) < 4.78 is 32.1. The minimum atomic E-state index is -4.04. The molecule has 0 aromatic carbocycles. The van der Waals surface area contributed by atoms with E-state index in [2.05, 4.69) is 9.05 Å². The van der Waals surface area contributed by atoms with Crippen LogP contribution in [-0.4, -0.2) is 40.1 Å². The maximum absolute atomic E-state index is 11.6. The van der Waals surface area contributed by atoms with Crippen LogP contribution in [0.1, 0.15) is 52.4 Å². The molecule has 2 unspecified atom stereocenters. The second-order valence-electron chi connectivity index (χ2n) is 5.45. The smallest absolute Gasteiger partial charge is 0.378 e. The number of hydrogen-bond acceptors (Lipinski definition) is 7. The van der Waals surface area contributed by atoms with Gasteiger partial charge in [-0.25, -0.2) is 9.13 Å². The summed E-state index contributed by atoms with van der Waals surface area (Å²) in [6, 6.07) is -1.30. The van der Waals surface area contributed by atoms with Gasteiger partial charge >= 0.3 is 27.1 Å². The topological polar surface area (TPSA) is 153 Å². The van der Waals surface area contributed by atoms with Gasteiger partial charge in [0, 0.05) is 6.42 Å². The maximum atomic E-state index is 11.6. The molecule has 0 aliphatic heterocycles. The Labute approximate surface area is 142 Å². The average molecular weight is 387 g/mol. The minimum Gasteiger partial charge on any atom is -0.392 e. The van der Waals surface area contributed by atoms with E-state index in [1.54, 1.807) is 0 Å². The summed E-state index contributed by atoms with van der Waals surface area (Å²) in [6.07, 6.45) is 1.32. The lowest BCUT2D eigenvalue weighted by Crippen LogP contribution is -2.32. The lowest BCUT2D eigenvalue weighted by atomic mass is 10.2. The van der Waals surface area contributed by atoms with Crippen molar-refractivity contribution in [2.45, 2.75) is 58.4 Å². The van der Waals surface area contributed by atoms with Crippen molar-refractivity contribution < 1.29 is 37.6 Å². The third-order valence-corrected chi connectivity index (χ3v) is 5.74. The van der Waals surface area contributed by atoms with Gasteiger partial charge in [-0.1, -0.05) is 26.7 Å². The summed E-state index contributed by atoms with van der Waals surface area (Å²) in [5, 5.41) is 0. The summed E-state index contributed by atoms with van der Waals surface area (Å²) in [5.41, 5.74) is 5.50. The molecule has 0 spiro atoms. The van der Waals surface area contributed by atoms with E-state index in [0.29, 0.717) is 25.7 Å². The third kappa shape index (κ3) is 10.9. The Morgan fingerprint density at radius 3 is 1.92 bits per heavy atom. The van der Waals surface area contributed by atoms with Crippen LogP contribution in [0.4, 0.5) is 0 Å². The van der Waals surface area contributed by atoms with E-state index in [9.17, 15) is 28.5 Å². The zero-order valence-electron chi connectivity index (χ0n) is 14.0. The number of hydrogen-bond donors (Lipinski definition) is 3. The molecule has 142 valence electrons. The molecule has 11 heteroatoms. The Bertz CT molecular complexity index is 510. The first-order valence-electron chi connectivity index (χ1n) is 7.88. The van der Waals surface area contributed by atoms with E-state index in [4.69, 9.17) is 5.73 Å². The number of nitrogens with two attached hydrogens (primary N) is 1. The fraction of sp³-hybridized carbons (Fsp3) is 0.846. The van der Waals surface area contributed by atoms with Crippen LogP contribution in [-0.2, 0) is 27.8 Å². The van der Waals surface area contributed by atoms with Crippen LogP contribution >= 0.6 is 15.2 Å². The number of unbranched alkanes of at least 4 members (excludes halogenated alkanes) is 2. The van der Waals surface area contributed by atoms with Crippen LogP contribution in [0.25, 0.3) is 0 Å². The van der Waals surface area contributed by atoms with E-state index in [-0.39, 0.29) is 25.2 Å². The lowest BCUT2D eigenvalue weighted by molar-refractivity contribution is -0.137. The summed E-state index contributed by atoms with van der Waals surface area (Å²) in [7, 11) is -8.03. The molecule has 4 N–H and O–H groups in total. The molecule has 0 bridgehead atoms. The molecule has 0 saturated heterocycles. The molecule has 3 atom stereocenters. The molecular formula is C13H27NO8P2. The van der Waals surface area contributed by atoms with Gasteiger partial charge < -0.3 is 24.6 Å². The second kappa shape index (κ2) is 11.0. The van der Waals surface area contributed by atoms with E-state index in [1.165, 1.54) is 0 Å². The Morgan fingerprint density at radius 2 is 1.46 bits per heavy atom. The van der Waals surface area contributed by atoms with Gasteiger partial charge in [0.1, 0.15) is 6.04 Å². The Kier molecular flexibility index (Phi) is 10.7. The molecule has 0 aromatic rings. The second-order valence-corrected chi connectivity index (χ2v) is 9.26. The molecule has 0 heterocycles. The molecule has 0 amide bonds. The number of carbonyl (C=O) groups excluding carboxylic acids is 2. The van der Waals surface area contributed by atoms with E-state index in [1.807, 2.05) is 13.8 Å². The Balaban J connectivity index is 4.30. The standard InChI is InChI=1S/C13H27NO8P2/c1-3-5-9-23(17,18)21-12(15)8-7-11(14)13(16)22-24(19,20)10-6-4-2/h11H,3-10,14H2,1-2H3,(H,17,18)(H,19,20)/t11-/m0/s1. The van der Waals surface area contributed by atoms with Crippen LogP contribution in [0.2, 0.25) is 0 Å². The van der Waals surface area contributed by atoms with Crippen LogP contribution in [0.3, 0.4) is 0 Å². The fourth-order valence-electron chi connectivity index (χ4n) is 1.61. The molecule has 0 saturated carbocycles. The Morgan fingerprint density at radius 1 is 1.00 bits per heavy atom. The summed E-state index contributed by atoms with van der Waals surface area (Å²) >= 11 is 0. The van der Waals surface area contributed by atoms with Crippen molar-refractivity contribution in [3.8, 4) is 0 Å². The van der Waals surface area contributed by atoms with Gasteiger partial charge in [-0.2, -0.15) is 0 Å². The quantitative estimate of drug-likeness (QED) is 0.427. The van der Waals surface area contributed by atoms with Gasteiger partial charge in [-0.05, 0) is 19.3 Å². The van der Waals surface area contributed by atoms with Crippen LogP contribution in [0.15, 0.2) is 0 Å².